The van der Waals surface area contributed by atoms with Crippen molar-refractivity contribution in [2.24, 2.45) is 5.92 Å². The lowest BCUT2D eigenvalue weighted by Gasteiger charge is -2.31. The van der Waals surface area contributed by atoms with E-state index in [1.54, 1.807) is 29.2 Å². The highest BCUT2D eigenvalue weighted by molar-refractivity contribution is 6.30. The van der Waals surface area contributed by atoms with Crippen LogP contribution in [0.15, 0.2) is 48.5 Å². The van der Waals surface area contributed by atoms with Crippen molar-refractivity contribution in [3.05, 3.63) is 64.7 Å². The first kappa shape index (κ1) is 20.2. The number of likely N-dealkylation sites (tertiary alicyclic amines) is 1. The van der Waals surface area contributed by atoms with Gasteiger partial charge in [-0.1, -0.05) is 23.7 Å². The van der Waals surface area contributed by atoms with Gasteiger partial charge in [-0.05, 0) is 49.2 Å². The van der Waals surface area contributed by atoms with E-state index >= 15 is 0 Å². The van der Waals surface area contributed by atoms with Crippen LogP contribution in [0.5, 0.6) is 0 Å². The molecule has 0 radical (unpaired) electrons. The number of piperidine rings is 1. The summed E-state index contributed by atoms with van der Waals surface area (Å²) in [6, 6.07) is 11.2. The zero-order chi connectivity index (χ0) is 20.3. The zero-order valence-electron chi connectivity index (χ0n) is 14.8. The highest BCUT2D eigenvalue weighted by atomic mass is 35.5. The second-order valence-electron chi connectivity index (χ2n) is 6.64. The predicted molar refractivity (Wildman–Crippen MR) is 100 cm³/mol. The van der Waals surface area contributed by atoms with E-state index in [0.29, 0.717) is 36.5 Å². The lowest BCUT2D eigenvalue weighted by atomic mass is 9.95. The van der Waals surface area contributed by atoms with Crippen molar-refractivity contribution < 1.29 is 22.8 Å². The van der Waals surface area contributed by atoms with Gasteiger partial charge in [0.05, 0.1) is 5.56 Å². The number of alkyl halides is 3. The summed E-state index contributed by atoms with van der Waals surface area (Å²) in [5, 5.41) is 3.02. The van der Waals surface area contributed by atoms with Gasteiger partial charge in [0.1, 0.15) is 0 Å². The van der Waals surface area contributed by atoms with E-state index in [4.69, 9.17) is 11.6 Å². The van der Waals surface area contributed by atoms with Crippen molar-refractivity contribution in [2.75, 3.05) is 18.4 Å². The summed E-state index contributed by atoms with van der Waals surface area (Å²) in [6.07, 6.45) is -3.58. The first-order valence-electron chi connectivity index (χ1n) is 8.77. The number of benzene rings is 2. The van der Waals surface area contributed by atoms with Gasteiger partial charge in [-0.15, -0.1) is 0 Å². The van der Waals surface area contributed by atoms with Crippen LogP contribution in [0.3, 0.4) is 0 Å². The van der Waals surface area contributed by atoms with Crippen LogP contribution in [0.2, 0.25) is 5.02 Å². The second-order valence-corrected chi connectivity index (χ2v) is 7.08. The number of carbonyl (C=O) groups excluding carboxylic acids is 2. The Morgan fingerprint density at radius 1 is 1.04 bits per heavy atom. The average molecular weight is 411 g/mol. The molecule has 1 aliphatic heterocycles. The number of amides is 2. The fraction of sp³-hybridized carbons (Fsp3) is 0.300. The smallest absolute Gasteiger partial charge is 0.339 e. The minimum absolute atomic E-state index is 0.109. The predicted octanol–water partition coefficient (Wildman–Crippen LogP) is 4.85. The number of halogens is 4. The molecule has 3 rings (SSSR count). The Morgan fingerprint density at radius 2 is 1.71 bits per heavy atom. The summed E-state index contributed by atoms with van der Waals surface area (Å²) >= 11 is 5.91. The maximum Gasteiger partial charge on any atom is 0.416 e. The molecule has 0 spiro atoms. The summed E-state index contributed by atoms with van der Waals surface area (Å²) in [4.78, 5) is 26.6. The third kappa shape index (κ3) is 4.84. The Bertz CT molecular complexity index is 878. The largest absolute Gasteiger partial charge is 0.416 e. The van der Waals surface area contributed by atoms with Crippen LogP contribution in [0.25, 0.3) is 0 Å². The van der Waals surface area contributed by atoms with Crippen molar-refractivity contribution in [1.29, 1.82) is 0 Å². The Kier molecular flexibility index (Phi) is 5.93. The van der Waals surface area contributed by atoms with E-state index in [0.717, 1.165) is 12.1 Å². The van der Waals surface area contributed by atoms with Crippen molar-refractivity contribution in [3.63, 3.8) is 0 Å². The van der Waals surface area contributed by atoms with Gasteiger partial charge in [0.2, 0.25) is 5.91 Å². The lowest BCUT2D eigenvalue weighted by molar-refractivity contribution is -0.137. The van der Waals surface area contributed by atoms with E-state index in [9.17, 15) is 22.8 Å². The van der Waals surface area contributed by atoms with E-state index < -0.39 is 11.7 Å². The molecule has 0 aliphatic carbocycles. The second kappa shape index (κ2) is 8.22. The summed E-state index contributed by atoms with van der Waals surface area (Å²) in [6.45, 7) is 0.790. The number of hydrogen-bond donors (Lipinski definition) is 1. The van der Waals surface area contributed by atoms with Gasteiger partial charge >= 0.3 is 6.18 Å². The molecule has 0 saturated carbocycles. The van der Waals surface area contributed by atoms with Gasteiger partial charge in [0.15, 0.2) is 0 Å². The molecule has 0 atom stereocenters. The third-order valence-electron chi connectivity index (χ3n) is 4.68. The first-order chi connectivity index (χ1) is 13.2. The van der Waals surface area contributed by atoms with Gasteiger partial charge in [-0.3, -0.25) is 9.59 Å². The molecule has 0 bridgehead atoms. The molecule has 0 unspecified atom stereocenters. The van der Waals surface area contributed by atoms with Crippen LogP contribution >= 0.6 is 11.6 Å². The number of hydrogen-bond acceptors (Lipinski definition) is 2. The molecule has 0 aromatic heterocycles. The molecule has 28 heavy (non-hydrogen) atoms. The topological polar surface area (TPSA) is 49.4 Å². The van der Waals surface area contributed by atoms with Gasteiger partial charge in [-0.2, -0.15) is 13.2 Å². The van der Waals surface area contributed by atoms with Crippen molar-refractivity contribution >= 4 is 29.1 Å². The van der Waals surface area contributed by atoms with Crippen LogP contribution in [-0.4, -0.2) is 29.8 Å². The molecule has 2 aromatic rings. The molecule has 1 saturated heterocycles. The van der Waals surface area contributed by atoms with Gasteiger partial charge in [0, 0.05) is 35.3 Å². The van der Waals surface area contributed by atoms with Crippen LogP contribution in [0.1, 0.15) is 28.8 Å². The third-order valence-corrected chi connectivity index (χ3v) is 4.92. The quantitative estimate of drug-likeness (QED) is 0.786. The molecule has 4 nitrogen and oxygen atoms in total. The SMILES string of the molecule is O=C(Nc1cccc(C(F)(F)F)c1)C1CCN(C(=O)c2cccc(Cl)c2)CC1. The van der Waals surface area contributed by atoms with Crippen molar-refractivity contribution in [3.8, 4) is 0 Å². The Balaban J connectivity index is 1.58. The van der Waals surface area contributed by atoms with E-state index in [-0.39, 0.29) is 23.4 Å². The molecule has 1 aliphatic rings. The van der Waals surface area contributed by atoms with Crippen LogP contribution < -0.4 is 5.32 Å². The number of rotatable bonds is 3. The summed E-state index contributed by atoms with van der Waals surface area (Å²) in [5.41, 5.74) is -0.219. The molecular formula is C20H18ClF3N2O2. The highest BCUT2D eigenvalue weighted by Crippen LogP contribution is 2.31. The monoisotopic (exact) mass is 410 g/mol. The molecular weight excluding hydrogens is 393 g/mol. The fourth-order valence-corrected chi connectivity index (χ4v) is 3.36. The Labute approximate surface area is 165 Å². The van der Waals surface area contributed by atoms with E-state index in [1.165, 1.54) is 12.1 Å². The molecule has 1 heterocycles. The van der Waals surface area contributed by atoms with Gasteiger partial charge in [-0.25, -0.2) is 0 Å². The van der Waals surface area contributed by atoms with Crippen LogP contribution in [0.4, 0.5) is 18.9 Å². The Morgan fingerprint density at radius 3 is 2.36 bits per heavy atom. The molecule has 2 aromatic carbocycles. The van der Waals surface area contributed by atoms with Crippen LogP contribution in [-0.2, 0) is 11.0 Å². The first-order valence-corrected chi connectivity index (χ1v) is 9.15. The summed E-state index contributed by atoms with van der Waals surface area (Å²) in [7, 11) is 0. The van der Waals surface area contributed by atoms with Gasteiger partial charge in [0.25, 0.3) is 5.91 Å². The van der Waals surface area contributed by atoms with E-state index in [2.05, 4.69) is 5.32 Å². The maximum atomic E-state index is 12.8. The van der Waals surface area contributed by atoms with Crippen molar-refractivity contribution in [1.82, 2.24) is 4.90 Å². The normalized spacial score (nSPS) is 15.4. The van der Waals surface area contributed by atoms with Crippen molar-refractivity contribution in [2.45, 2.75) is 19.0 Å². The molecule has 148 valence electrons. The number of carbonyl (C=O) groups is 2. The standard InChI is InChI=1S/C20H18ClF3N2O2/c21-16-5-1-3-14(11-16)19(28)26-9-7-13(8-10-26)18(27)25-17-6-2-4-15(12-17)20(22,23)24/h1-6,11-13H,7-10H2,(H,25,27). The molecule has 2 amide bonds. The minimum Gasteiger partial charge on any atom is -0.339 e. The lowest BCUT2D eigenvalue weighted by Crippen LogP contribution is -2.41. The number of anilines is 1. The summed E-state index contributed by atoms with van der Waals surface area (Å²) in [5.74, 6) is -0.855. The molecule has 1 N–H and O–H groups in total. The molecule has 1 fully saturated rings. The highest BCUT2D eigenvalue weighted by Gasteiger charge is 2.31. The number of nitrogens with zero attached hydrogens (tertiary/aromatic N) is 1. The van der Waals surface area contributed by atoms with Gasteiger partial charge < -0.3 is 10.2 Å². The summed E-state index contributed by atoms with van der Waals surface area (Å²) < 4.78 is 38.4. The number of nitrogens with one attached hydrogen (secondary N) is 1. The average Bonchev–Trinajstić information content (AvgIpc) is 2.67. The zero-order valence-corrected chi connectivity index (χ0v) is 15.6. The van der Waals surface area contributed by atoms with E-state index in [1.807, 2.05) is 0 Å². The minimum atomic E-state index is -4.47. The fourth-order valence-electron chi connectivity index (χ4n) is 3.17. The Hall–Kier alpha value is -2.54. The van der Waals surface area contributed by atoms with Crippen LogP contribution in [0, 0.1) is 5.92 Å². The maximum absolute atomic E-state index is 12.8. The molecule has 8 heteroatoms.